The van der Waals surface area contributed by atoms with Crippen LogP contribution >= 0.6 is 11.8 Å². The number of nitrogens with zero attached hydrogens (tertiary/aromatic N) is 3. The highest BCUT2D eigenvalue weighted by atomic mass is 32.2. The van der Waals surface area contributed by atoms with Gasteiger partial charge in [-0.3, -0.25) is 4.18 Å². The SMILES string of the molecule is CNS(=O)(=O)OCC1CC(OC(C)(C)O)[C@H](Nc2ccnc3cc(-c4cccc(SC(F)(F)F)c4)nn23)C1. The van der Waals surface area contributed by atoms with Crippen molar-refractivity contribution in [1.29, 1.82) is 0 Å². The topological polar surface area (TPSA) is 127 Å². The van der Waals surface area contributed by atoms with Gasteiger partial charge in [-0.15, -0.1) is 0 Å². The van der Waals surface area contributed by atoms with E-state index < -0.39 is 27.7 Å². The molecule has 0 aliphatic heterocycles. The molecule has 3 N–H and O–H groups in total. The first kappa shape index (κ1) is 28.6. The summed E-state index contributed by atoms with van der Waals surface area (Å²) < 4.78 is 76.4. The summed E-state index contributed by atoms with van der Waals surface area (Å²) in [5, 5.41) is 18.2. The normalized spacial score (nSPS) is 20.8. The van der Waals surface area contributed by atoms with Crippen LogP contribution in [-0.2, 0) is 19.2 Å². The van der Waals surface area contributed by atoms with Crippen LogP contribution in [0.15, 0.2) is 47.5 Å². The smallest absolute Gasteiger partial charge is 0.366 e. The largest absolute Gasteiger partial charge is 0.446 e. The summed E-state index contributed by atoms with van der Waals surface area (Å²) in [4.78, 5) is 4.36. The monoisotopic (exact) mass is 575 g/mol. The second-order valence-corrected chi connectivity index (χ2v) is 12.0. The zero-order valence-corrected chi connectivity index (χ0v) is 22.4. The standard InChI is InChI=1S/C23H28F3N5O5S2/c1-22(2,32)36-19-10-14(13-35-38(33,34)27-3)9-18(19)29-20-7-8-28-21-12-17(30-31(20)21)15-5-4-6-16(11-15)37-23(24,25)26/h4-8,11-12,14,18-19,27,29,32H,9-10,13H2,1-3H3/t14?,18-,19?/m1/s1. The average molecular weight is 576 g/mol. The lowest BCUT2D eigenvalue weighted by Crippen LogP contribution is -2.38. The van der Waals surface area contributed by atoms with Gasteiger partial charge in [0.2, 0.25) is 0 Å². The number of rotatable bonds is 10. The number of halogens is 3. The lowest BCUT2D eigenvalue weighted by atomic mass is 10.1. The number of thioether (sulfide) groups is 1. The van der Waals surface area contributed by atoms with Crippen molar-refractivity contribution in [2.24, 2.45) is 5.92 Å². The molecule has 0 radical (unpaired) electrons. The highest BCUT2D eigenvalue weighted by Gasteiger charge is 2.39. The van der Waals surface area contributed by atoms with Crippen LogP contribution in [0.3, 0.4) is 0 Å². The first-order valence-electron chi connectivity index (χ1n) is 11.7. The summed E-state index contributed by atoms with van der Waals surface area (Å²) in [5.41, 5.74) is -2.99. The zero-order valence-electron chi connectivity index (χ0n) is 20.8. The summed E-state index contributed by atoms with van der Waals surface area (Å²) in [7, 11) is -2.59. The molecule has 1 aliphatic carbocycles. The van der Waals surface area contributed by atoms with Crippen molar-refractivity contribution in [3.05, 3.63) is 42.6 Å². The summed E-state index contributed by atoms with van der Waals surface area (Å²) >= 11 is -0.196. The van der Waals surface area contributed by atoms with Crippen LogP contribution in [0.5, 0.6) is 0 Å². The Morgan fingerprint density at radius 2 is 1.97 bits per heavy atom. The van der Waals surface area contributed by atoms with E-state index in [1.807, 2.05) is 0 Å². The second-order valence-electron chi connectivity index (χ2n) is 9.34. The van der Waals surface area contributed by atoms with Crippen molar-refractivity contribution < 1.29 is 35.6 Å². The maximum atomic E-state index is 12.8. The Morgan fingerprint density at radius 1 is 1.21 bits per heavy atom. The fourth-order valence-electron chi connectivity index (χ4n) is 4.32. The van der Waals surface area contributed by atoms with Crippen molar-refractivity contribution in [1.82, 2.24) is 19.3 Å². The third kappa shape index (κ3) is 7.57. The van der Waals surface area contributed by atoms with Gasteiger partial charge in [-0.2, -0.15) is 35.9 Å². The van der Waals surface area contributed by atoms with Crippen LogP contribution in [0.25, 0.3) is 16.9 Å². The number of anilines is 1. The van der Waals surface area contributed by atoms with Crippen LogP contribution in [0.4, 0.5) is 19.0 Å². The zero-order chi connectivity index (χ0) is 27.7. The van der Waals surface area contributed by atoms with E-state index in [0.29, 0.717) is 35.6 Å². The Bertz CT molecular complexity index is 1380. The summed E-state index contributed by atoms with van der Waals surface area (Å²) in [6, 6.07) is 9.03. The molecule has 4 rings (SSSR count). The second kappa shape index (κ2) is 11.0. The van der Waals surface area contributed by atoms with Gasteiger partial charge >= 0.3 is 15.8 Å². The van der Waals surface area contributed by atoms with Gasteiger partial charge in [0.1, 0.15) is 5.82 Å². The highest BCUT2D eigenvalue weighted by Crippen LogP contribution is 2.38. The maximum absolute atomic E-state index is 12.8. The molecule has 3 aromatic rings. The number of alkyl halides is 3. The number of fused-ring (bicyclic) bond motifs is 1. The molecule has 208 valence electrons. The first-order valence-corrected chi connectivity index (χ1v) is 13.9. The number of aliphatic hydroxyl groups is 1. The van der Waals surface area contributed by atoms with Crippen molar-refractivity contribution in [2.75, 3.05) is 19.0 Å². The molecule has 3 atom stereocenters. The molecule has 0 spiro atoms. The summed E-state index contributed by atoms with van der Waals surface area (Å²) in [6.07, 6.45) is 2.01. The number of benzene rings is 1. The molecule has 1 aromatic carbocycles. The van der Waals surface area contributed by atoms with E-state index >= 15 is 0 Å². The van der Waals surface area contributed by atoms with Gasteiger partial charge in [0, 0.05) is 29.8 Å². The molecule has 2 aromatic heterocycles. The minimum Gasteiger partial charge on any atom is -0.366 e. The molecular formula is C23H28F3N5O5S2. The van der Waals surface area contributed by atoms with E-state index in [9.17, 15) is 26.7 Å². The van der Waals surface area contributed by atoms with Crippen LogP contribution in [-0.4, -0.2) is 65.2 Å². The van der Waals surface area contributed by atoms with Gasteiger partial charge in [-0.1, -0.05) is 12.1 Å². The molecule has 10 nitrogen and oxygen atoms in total. The van der Waals surface area contributed by atoms with Crippen LogP contribution in [0.1, 0.15) is 26.7 Å². The van der Waals surface area contributed by atoms with Crippen LogP contribution in [0.2, 0.25) is 0 Å². The number of ether oxygens (including phenoxy) is 1. The Morgan fingerprint density at radius 3 is 2.66 bits per heavy atom. The molecule has 1 aliphatic rings. The minimum atomic E-state index is -4.40. The van der Waals surface area contributed by atoms with Gasteiger partial charge < -0.3 is 15.2 Å². The van der Waals surface area contributed by atoms with E-state index in [4.69, 9.17) is 8.92 Å². The molecule has 1 fully saturated rings. The first-order chi connectivity index (χ1) is 17.7. The Kier molecular flexibility index (Phi) is 8.26. The lowest BCUT2D eigenvalue weighted by Gasteiger charge is -2.28. The summed E-state index contributed by atoms with van der Waals surface area (Å²) in [6.45, 7) is 2.96. The third-order valence-corrected chi connectivity index (χ3v) is 7.47. The van der Waals surface area contributed by atoms with E-state index in [0.717, 1.165) is 0 Å². The number of hydrogen-bond acceptors (Lipinski definition) is 9. The van der Waals surface area contributed by atoms with Crippen molar-refractivity contribution in [3.8, 4) is 11.3 Å². The van der Waals surface area contributed by atoms with E-state index in [1.54, 1.807) is 24.4 Å². The van der Waals surface area contributed by atoms with Crippen molar-refractivity contribution >= 4 is 33.5 Å². The highest BCUT2D eigenvalue weighted by molar-refractivity contribution is 8.00. The lowest BCUT2D eigenvalue weighted by molar-refractivity contribution is -0.205. The molecule has 2 heterocycles. The Labute approximate surface area is 222 Å². The predicted octanol–water partition coefficient (Wildman–Crippen LogP) is 3.79. The molecule has 1 saturated carbocycles. The molecular weight excluding hydrogens is 547 g/mol. The van der Waals surface area contributed by atoms with Gasteiger partial charge in [-0.25, -0.2) is 4.98 Å². The van der Waals surface area contributed by atoms with E-state index in [-0.39, 0.29) is 35.2 Å². The molecule has 38 heavy (non-hydrogen) atoms. The van der Waals surface area contributed by atoms with Gasteiger partial charge in [0.05, 0.1) is 24.4 Å². The third-order valence-electron chi connectivity index (χ3n) is 5.80. The fourth-order valence-corrected chi connectivity index (χ4v) is 5.41. The van der Waals surface area contributed by atoms with Gasteiger partial charge in [0.25, 0.3) is 0 Å². The van der Waals surface area contributed by atoms with Crippen molar-refractivity contribution in [3.63, 3.8) is 0 Å². The Balaban J connectivity index is 1.57. The van der Waals surface area contributed by atoms with Crippen LogP contribution in [0, 0.1) is 5.92 Å². The molecule has 0 amide bonds. The number of aromatic nitrogens is 3. The van der Waals surface area contributed by atoms with Gasteiger partial charge in [0.15, 0.2) is 11.4 Å². The number of nitrogens with one attached hydrogen (secondary N) is 2. The maximum Gasteiger partial charge on any atom is 0.446 e. The average Bonchev–Trinajstić information content (AvgIpc) is 3.40. The van der Waals surface area contributed by atoms with Crippen LogP contribution < -0.4 is 10.0 Å². The Hall–Kier alpha value is -2.43. The van der Waals surface area contributed by atoms with Gasteiger partial charge in [-0.05, 0) is 62.6 Å². The molecule has 15 heteroatoms. The summed E-state index contributed by atoms with van der Waals surface area (Å²) in [5.74, 6) is -1.06. The predicted molar refractivity (Wildman–Crippen MR) is 136 cm³/mol. The minimum absolute atomic E-state index is 0.0458. The molecule has 0 bridgehead atoms. The van der Waals surface area contributed by atoms with Crippen molar-refractivity contribution in [2.45, 2.75) is 55.0 Å². The molecule has 0 saturated heterocycles. The molecule has 2 unspecified atom stereocenters. The number of hydrogen-bond donors (Lipinski definition) is 3. The van der Waals surface area contributed by atoms with E-state index in [1.165, 1.54) is 43.6 Å². The van der Waals surface area contributed by atoms with E-state index in [2.05, 4.69) is 20.1 Å². The fraction of sp³-hybridized carbons (Fsp3) is 0.478. The quantitative estimate of drug-likeness (QED) is 0.244.